The summed E-state index contributed by atoms with van der Waals surface area (Å²) in [5, 5.41) is 2.86. The fourth-order valence-electron chi connectivity index (χ4n) is 2.75. The molecule has 1 amide bonds. The summed E-state index contributed by atoms with van der Waals surface area (Å²) in [6.45, 7) is 6.59. The number of benzene rings is 1. The fraction of sp³-hybridized carbons (Fsp3) is 0.263. The number of carbonyl (C=O) groups is 1. The van der Waals surface area contributed by atoms with E-state index in [1.165, 1.54) is 11.1 Å². The molecule has 24 heavy (non-hydrogen) atoms. The molecule has 0 saturated carbocycles. The van der Waals surface area contributed by atoms with E-state index in [-0.39, 0.29) is 5.91 Å². The quantitative estimate of drug-likeness (QED) is 0.774. The molecule has 0 aliphatic carbocycles. The Bertz CT molecular complexity index is 911. The van der Waals surface area contributed by atoms with Crippen LogP contribution >= 0.6 is 0 Å². The highest BCUT2D eigenvalue weighted by atomic mass is 16.1. The van der Waals surface area contributed by atoms with Crippen molar-refractivity contribution >= 4 is 17.2 Å². The first kappa shape index (κ1) is 16.2. The molecule has 1 aromatic carbocycles. The van der Waals surface area contributed by atoms with Crippen molar-refractivity contribution in [3.63, 3.8) is 0 Å². The molecule has 3 N–H and O–H groups in total. The number of carbonyl (C=O) groups excluding carboxylic acids is 1. The first-order chi connectivity index (χ1) is 11.5. The van der Waals surface area contributed by atoms with Crippen LogP contribution in [-0.4, -0.2) is 21.8 Å². The van der Waals surface area contributed by atoms with E-state index in [0.717, 1.165) is 28.3 Å². The molecule has 5 nitrogen and oxygen atoms in total. The van der Waals surface area contributed by atoms with Crippen LogP contribution < -0.4 is 11.1 Å². The van der Waals surface area contributed by atoms with E-state index in [1.54, 1.807) is 0 Å². The monoisotopic (exact) mass is 322 g/mol. The average molecular weight is 322 g/mol. The summed E-state index contributed by atoms with van der Waals surface area (Å²) in [5.74, 6) is -0.0796. The van der Waals surface area contributed by atoms with Crippen molar-refractivity contribution in [3.05, 3.63) is 53.3 Å². The smallest absolute Gasteiger partial charge is 0.225 e. The van der Waals surface area contributed by atoms with E-state index >= 15 is 0 Å². The molecule has 0 bridgehead atoms. The molecular formula is C19H22N4O. The van der Waals surface area contributed by atoms with Gasteiger partial charge in [-0.2, -0.15) is 0 Å². The molecule has 124 valence electrons. The summed E-state index contributed by atoms with van der Waals surface area (Å²) in [6.07, 6.45) is 2.21. The van der Waals surface area contributed by atoms with Gasteiger partial charge in [-0.15, -0.1) is 0 Å². The summed E-state index contributed by atoms with van der Waals surface area (Å²) in [4.78, 5) is 16.5. The van der Waals surface area contributed by atoms with Crippen molar-refractivity contribution in [2.75, 3.05) is 11.9 Å². The lowest BCUT2D eigenvalue weighted by Gasteiger charge is -2.06. The van der Waals surface area contributed by atoms with Crippen LogP contribution in [0.1, 0.15) is 23.2 Å². The number of hydrogen-bond acceptors (Lipinski definition) is 3. The summed E-state index contributed by atoms with van der Waals surface area (Å²) in [6, 6.07) is 10.2. The molecule has 2 heterocycles. The molecular weight excluding hydrogens is 300 g/mol. The number of nitrogens with zero attached hydrogens (tertiary/aromatic N) is 2. The minimum atomic E-state index is -0.0796. The molecule has 2 aromatic heterocycles. The number of rotatable bonds is 4. The van der Waals surface area contributed by atoms with Crippen LogP contribution in [0.15, 0.2) is 36.5 Å². The molecule has 0 unspecified atom stereocenters. The maximum absolute atomic E-state index is 11.7. The molecule has 0 fully saturated rings. The zero-order valence-corrected chi connectivity index (χ0v) is 14.3. The van der Waals surface area contributed by atoms with Crippen molar-refractivity contribution in [1.82, 2.24) is 9.38 Å². The molecule has 3 rings (SSSR count). The standard InChI is InChI=1S/C19H22N4O/c1-12-4-5-15(10-13(12)2)19-14(3)23-11-16(6-7-17(23)22-19)21-18(24)8-9-20/h4-7,10-11H,8-9,20H2,1-3H3,(H,21,24). The Balaban J connectivity index is 2.01. The Morgan fingerprint density at radius 1 is 1.17 bits per heavy atom. The van der Waals surface area contributed by atoms with E-state index in [0.29, 0.717) is 13.0 Å². The maximum atomic E-state index is 11.7. The third-order valence-electron chi connectivity index (χ3n) is 4.29. The number of hydrogen-bond donors (Lipinski definition) is 2. The van der Waals surface area contributed by atoms with Crippen LogP contribution in [-0.2, 0) is 4.79 Å². The lowest BCUT2D eigenvalue weighted by molar-refractivity contribution is -0.116. The van der Waals surface area contributed by atoms with E-state index in [9.17, 15) is 4.79 Å². The van der Waals surface area contributed by atoms with Crippen molar-refractivity contribution in [3.8, 4) is 11.3 Å². The first-order valence-corrected chi connectivity index (χ1v) is 8.06. The second kappa shape index (κ2) is 6.45. The lowest BCUT2D eigenvalue weighted by Crippen LogP contribution is -2.16. The fourth-order valence-corrected chi connectivity index (χ4v) is 2.75. The Kier molecular flexibility index (Phi) is 4.36. The zero-order valence-electron chi connectivity index (χ0n) is 14.3. The highest BCUT2D eigenvalue weighted by molar-refractivity contribution is 5.90. The van der Waals surface area contributed by atoms with Crippen LogP contribution in [0.5, 0.6) is 0 Å². The van der Waals surface area contributed by atoms with Gasteiger partial charge >= 0.3 is 0 Å². The van der Waals surface area contributed by atoms with Gasteiger partial charge in [0.2, 0.25) is 5.91 Å². The second-order valence-electron chi connectivity index (χ2n) is 6.08. The number of aromatic nitrogens is 2. The number of aryl methyl sites for hydroxylation is 3. The largest absolute Gasteiger partial charge is 0.330 e. The van der Waals surface area contributed by atoms with Gasteiger partial charge in [-0.1, -0.05) is 12.1 Å². The van der Waals surface area contributed by atoms with Crippen molar-refractivity contribution < 1.29 is 4.79 Å². The van der Waals surface area contributed by atoms with E-state index in [4.69, 9.17) is 10.7 Å². The SMILES string of the molecule is Cc1ccc(-c2nc3ccc(NC(=O)CCN)cn3c2C)cc1C. The summed E-state index contributed by atoms with van der Waals surface area (Å²) in [7, 11) is 0. The minimum Gasteiger partial charge on any atom is -0.330 e. The third-order valence-corrected chi connectivity index (χ3v) is 4.29. The summed E-state index contributed by atoms with van der Waals surface area (Å²) < 4.78 is 2.00. The molecule has 0 spiro atoms. The zero-order chi connectivity index (χ0) is 17.3. The number of anilines is 1. The average Bonchev–Trinajstić information content (AvgIpc) is 2.87. The van der Waals surface area contributed by atoms with Crippen LogP contribution in [0.4, 0.5) is 5.69 Å². The summed E-state index contributed by atoms with van der Waals surface area (Å²) in [5.41, 5.74) is 12.6. The van der Waals surface area contributed by atoms with E-state index in [2.05, 4.69) is 37.4 Å². The lowest BCUT2D eigenvalue weighted by atomic mass is 10.0. The molecule has 0 saturated heterocycles. The van der Waals surface area contributed by atoms with Gasteiger partial charge in [-0.3, -0.25) is 4.79 Å². The van der Waals surface area contributed by atoms with E-state index in [1.807, 2.05) is 29.7 Å². The summed E-state index contributed by atoms with van der Waals surface area (Å²) >= 11 is 0. The molecule has 5 heteroatoms. The molecule has 0 radical (unpaired) electrons. The van der Waals surface area contributed by atoms with Crippen molar-refractivity contribution in [1.29, 1.82) is 0 Å². The van der Waals surface area contributed by atoms with Crippen LogP contribution in [0, 0.1) is 20.8 Å². The van der Waals surface area contributed by atoms with Crippen LogP contribution in [0.25, 0.3) is 16.9 Å². The van der Waals surface area contributed by atoms with Gasteiger partial charge in [-0.05, 0) is 50.1 Å². The Labute approximate surface area is 141 Å². The number of pyridine rings is 1. The van der Waals surface area contributed by atoms with Gasteiger partial charge in [-0.25, -0.2) is 4.98 Å². The predicted octanol–water partition coefficient (Wildman–Crippen LogP) is 3.21. The van der Waals surface area contributed by atoms with Gasteiger partial charge < -0.3 is 15.5 Å². The highest BCUT2D eigenvalue weighted by Gasteiger charge is 2.12. The number of fused-ring (bicyclic) bond motifs is 1. The third kappa shape index (κ3) is 3.03. The first-order valence-electron chi connectivity index (χ1n) is 8.06. The molecule has 0 atom stereocenters. The van der Waals surface area contributed by atoms with Crippen molar-refractivity contribution in [2.24, 2.45) is 5.73 Å². The Morgan fingerprint density at radius 2 is 1.96 bits per heavy atom. The molecule has 0 aliphatic rings. The Hall–Kier alpha value is -2.66. The van der Waals surface area contributed by atoms with Gasteiger partial charge in [0.15, 0.2) is 0 Å². The van der Waals surface area contributed by atoms with Crippen LogP contribution in [0.3, 0.4) is 0 Å². The van der Waals surface area contributed by atoms with E-state index < -0.39 is 0 Å². The number of nitrogens with two attached hydrogens (primary N) is 1. The topological polar surface area (TPSA) is 72.4 Å². The maximum Gasteiger partial charge on any atom is 0.225 e. The van der Waals surface area contributed by atoms with Crippen LogP contribution in [0.2, 0.25) is 0 Å². The van der Waals surface area contributed by atoms with Gasteiger partial charge in [0.1, 0.15) is 5.65 Å². The van der Waals surface area contributed by atoms with Gasteiger partial charge in [0.25, 0.3) is 0 Å². The number of amides is 1. The van der Waals surface area contributed by atoms with Crippen molar-refractivity contribution in [2.45, 2.75) is 27.2 Å². The second-order valence-corrected chi connectivity index (χ2v) is 6.08. The predicted molar refractivity (Wildman–Crippen MR) is 97.1 cm³/mol. The number of imidazole rings is 1. The van der Waals surface area contributed by atoms with Gasteiger partial charge in [0.05, 0.1) is 11.4 Å². The molecule has 0 aliphatic heterocycles. The number of nitrogens with one attached hydrogen (secondary N) is 1. The molecule has 3 aromatic rings. The normalized spacial score (nSPS) is 11.0. The highest BCUT2D eigenvalue weighted by Crippen LogP contribution is 2.26. The van der Waals surface area contributed by atoms with Gasteiger partial charge in [0, 0.05) is 30.4 Å². The minimum absolute atomic E-state index is 0.0796. The Morgan fingerprint density at radius 3 is 2.67 bits per heavy atom.